The molecule has 0 aliphatic carbocycles. The average Bonchev–Trinajstić information content (AvgIpc) is 3.83. The van der Waals surface area contributed by atoms with Crippen molar-refractivity contribution in [2.24, 2.45) is 9.81 Å². The minimum atomic E-state index is -0.316. The number of hydrogen-bond donors (Lipinski definition) is 1. The first kappa shape index (κ1) is 38.9. The van der Waals surface area contributed by atoms with Crippen LogP contribution in [0.2, 0.25) is 0 Å². The molecular formula is C49H43BN6OPt. The van der Waals surface area contributed by atoms with Gasteiger partial charge in [-0.2, -0.15) is 0 Å². The number of para-hydroxylation sites is 2. The van der Waals surface area contributed by atoms with E-state index in [9.17, 15) is 5.11 Å². The van der Waals surface area contributed by atoms with Crippen molar-refractivity contribution < 1.29 is 26.2 Å². The van der Waals surface area contributed by atoms with Crippen LogP contribution >= 0.6 is 0 Å². The minimum Gasteiger partial charge on any atom is -0.507 e. The summed E-state index contributed by atoms with van der Waals surface area (Å²) in [5.74, 6) is 0.893. The molecule has 7 nitrogen and oxygen atoms in total. The van der Waals surface area contributed by atoms with E-state index in [-0.39, 0.29) is 44.6 Å². The third kappa shape index (κ3) is 7.11. The molecule has 1 N–H and O–H groups in total. The summed E-state index contributed by atoms with van der Waals surface area (Å²) in [5.41, 5.74) is 11.1. The number of phenolic OH excluding ortho intramolecular Hbond substituents is 1. The molecule has 0 amide bonds. The Balaban J connectivity index is 0.00000469. The van der Waals surface area contributed by atoms with E-state index in [4.69, 9.17) is 24.8 Å². The Hall–Kier alpha value is -5.98. The Morgan fingerprint density at radius 1 is 0.569 bits per heavy atom. The van der Waals surface area contributed by atoms with E-state index < -0.39 is 0 Å². The van der Waals surface area contributed by atoms with Crippen LogP contribution in [0.1, 0.15) is 52.7 Å². The molecule has 1 aliphatic rings. The maximum absolute atomic E-state index is 12.3. The van der Waals surface area contributed by atoms with Crippen molar-refractivity contribution in [3.8, 4) is 56.6 Å². The molecule has 9 rings (SSSR count). The molecule has 0 atom stereocenters. The van der Waals surface area contributed by atoms with Crippen LogP contribution in [0, 0.1) is 0 Å². The Kier molecular flexibility index (Phi) is 10.1. The predicted octanol–water partition coefficient (Wildman–Crippen LogP) is 9.43. The minimum absolute atomic E-state index is 0. The van der Waals surface area contributed by atoms with Crippen LogP contribution in [0.5, 0.6) is 5.75 Å². The van der Waals surface area contributed by atoms with Crippen molar-refractivity contribution >= 4 is 23.5 Å². The summed E-state index contributed by atoms with van der Waals surface area (Å²) in [6.07, 6.45) is 1.79. The molecular weight excluding hydrogens is 894 g/mol. The molecule has 5 aromatic carbocycles. The molecule has 0 unspecified atom stereocenters. The second-order valence-corrected chi connectivity index (χ2v) is 16.8. The quantitative estimate of drug-likeness (QED) is 0.169. The van der Waals surface area contributed by atoms with Crippen LogP contribution in [0.15, 0.2) is 156 Å². The van der Waals surface area contributed by atoms with Crippen molar-refractivity contribution in [2.45, 2.75) is 52.4 Å². The number of aromatic hydroxyl groups is 1. The second kappa shape index (κ2) is 15.1. The summed E-state index contributed by atoms with van der Waals surface area (Å²) < 4.78 is 2.20. The van der Waals surface area contributed by atoms with Gasteiger partial charge in [0.25, 0.3) is 0 Å². The molecule has 0 spiro atoms. The standard InChI is InChI=1S/C49H43BN6O.Pt/c1-48(2,3)32-27-36(46(57)37(28-32)49(4,5)6)47-53-45-35(22-15-26-44(45)56(47)43-25-14-13-21-34(43)31-17-9-7-10-18-31)38-23-16-24-39(52-38)40-29-41-42(30-51-40)55-50(54-41)33-19-11-8-12-20-33;/h7-30,57H,1-6H3;. The largest absolute Gasteiger partial charge is 0.507 e. The van der Waals surface area contributed by atoms with Gasteiger partial charge in [-0.3, -0.25) is 9.55 Å². The molecule has 1 aliphatic heterocycles. The summed E-state index contributed by atoms with van der Waals surface area (Å²) in [4.78, 5) is 25.2. The molecule has 4 heterocycles. The van der Waals surface area contributed by atoms with E-state index in [0.717, 1.165) is 77.8 Å². The number of aromatic nitrogens is 4. The molecule has 0 saturated carbocycles. The third-order valence-electron chi connectivity index (χ3n) is 10.7. The monoisotopic (exact) mass is 937 g/mol. The summed E-state index contributed by atoms with van der Waals surface area (Å²) in [5, 5.41) is 13.8. The van der Waals surface area contributed by atoms with E-state index in [0.29, 0.717) is 11.4 Å². The normalized spacial score (nSPS) is 12.5. The Morgan fingerprint density at radius 3 is 1.97 bits per heavy atom. The van der Waals surface area contributed by atoms with Crippen LogP contribution in [0.3, 0.4) is 0 Å². The van der Waals surface area contributed by atoms with E-state index in [2.05, 4.69) is 125 Å². The van der Waals surface area contributed by atoms with E-state index in [1.54, 1.807) is 6.20 Å². The number of pyridine rings is 2. The molecule has 3 aromatic heterocycles. The van der Waals surface area contributed by atoms with E-state index in [1.807, 2.05) is 60.7 Å². The Morgan fingerprint density at radius 2 is 1.22 bits per heavy atom. The second-order valence-electron chi connectivity index (χ2n) is 16.8. The van der Waals surface area contributed by atoms with Crippen molar-refractivity contribution in [2.75, 3.05) is 0 Å². The van der Waals surface area contributed by atoms with E-state index in [1.165, 1.54) is 0 Å². The van der Waals surface area contributed by atoms with Crippen LogP contribution < -0.4 is 16.2 Å². The van der Waals surface area contributed by atoms with Crippen LogP contribution in [-0.2, 0) is 31.9 Å². The molecule has 0 radical (unpaired) electrons. The van der Waals surface area contributed by atoms with Crippen LogP contribution in [-0.4, -0.2) is 31.6 Å². The SMILES string of the molecule is CC(C)(C)c1cc(-c2nc3c(-c4cccc(-c5cc6c(cn5)=NB(c5ccccc5)N=6)n4)cccc3n2-c2ccccc2-c2ccccc2)c(O)c(C(C)(C)C)c1.[Pt]. The third-order valence-corrected chi connectivity index (χ3v) is 10.7. The Labute approximate surface area is 353 Å². The number of hydrogen-bond acceptors (Lipinski definition) is 6. The molecule has 0 bridgehead atoms. The van der Waals surface area contributed by atoms with Crippen molar-refractivity contribution in [1.82, 2.24) is 19.5 Å². The fraction of sp³-hybridized carbons (Fsp3) is 0.163. The van der Waals surface area contributed by atoms with Crippen molar-refractivity contribution in [3.63, 3.8) is 0 Å². The smallest absolute Gasteiger partial charge is 0.449 e. The molecule has 288 valence electrons. The molecule has 0 fully saturated rings. The van der Waals surface area contributed by atoms with Gasteiger partial charge < -0.3 is 14.9 Å². The first-order valence-corrected chi connectivity index (χ1v) is 19.4. The first-order valence-electron chi connectivity index (χ1n) is 19.4. The summed E-state index contributed by atoms with van der Waals surface area (Å²) in [6.45, 7) is 12.8. The topological polar surface area (TPSA) is 88.5 Å². The van der Waals surface area contributed by atoms with Gasteiger partial charge in [0.05, 0.1) is 56.3 Å². The van der Waals surface area contributed by atoms with Gasteiger partial charge in [-0.25, -0.2) is 9.97 Å². The number of fused-ring (bicyclic) bond motifs is 2. The van der Waals surface area contributed by atoms with Gasteiger partial charge in [0, 0.05) is 37.8 Å². The van der Waals surface area contributed by atoms with Crippen LogP contribution in [0.4, 0.5) is 0 Å². The first-order chi connectivity index (χ1) is 27.4. The Bertz CT molecular complexity index is 2950. The van der Waals surface area contributed by atoms with Crippen molar-refractivity contribution in [1.29, 1.82) is 0 Å². The molecule has 8 aromatic rings. The molecule has 58 heavy (non-hydrogen) atoms. The summed E-state index contributed by atoms with van der Waals surface area (Å²) in [7, 11) is 0. The molecule has 9 heteroatoms. The van der Waals surface area contributed by atoms with Gasteiger partial charge in [0.2, 0.25) is 0 Å². The maximum Gasteiger partial charge on any atom is 0.449 e. The number of benzene rings is 5. The summed E-state index contributed by atoms with van der Waals surface area (Å²) >= 11 is 0. The fourth-order valence-corrected chi connectivity index (χ4v) is 7.65. The van der Waals surface area contributed by atoms with Crippen molar-refractivity contribution in [3.05, 3.63) is 168 Å². The fourth-order valence-electron chi connectivity index (χ4n) is 7.65. The average molecular weight is 938 g/mol. The van der Waals surface area contributed by atoms with Gasteiger partial charge in [0.1, 0.15) is 11.6 Å². The zero-order chi connectivity index (χ0) is 39.5. The van der Waals surface area contributed by atoms with Gasteiger partial charge in [-0.05, 0) is 63.8 Å². The number of rotatable bonds is 6. The maximum atomic E-state index is 12.3. The zero-order valence-electron chi connectivity index (χ0n) is 33.4. The van der Waals surface area contributed by atoms with Gasteiger partial charge in [-0.15, -0.1) is 0 Å². The predicted molar refractivity (Wildman–Crippen MR) is 232 cm³/mol. The summed E-state index contributed by atoms with van der Waals surface area (Å²) in [6, 6.07) is 47.4. The molecule has 0 saturated heterocycles. The van der Waals surface area contributed by atoms with Gasteiger partial charge in [-0.1, -0.05) is 145 Å². The van der Waals surface area contributed by atoms with Crippen LogP contribution in [0.25, 0.3) is 61.9 Å². The number of phenols is 1. The van der Waals surface area contributed by atoms with Gasteiger partial charge >= 0.3 is 6.98 Å². The van der Waals surface area contributed by atoms with E-state index >= 15 is 0 Å². The zero-order valence-corrected chi connectivity index (χ0v) is 35.7. The number of imidazole rings is 1. The van der Waals surface area contributed by atoms with Gasteiger partial charge in [0.15, 0.2) is 0 Å². The number of nitrogens with zero attached hydrogens (tertiary/aromatic N) is 6.